The van der Waals surface area contributed by atoms with Crippen LogP contribution in [0.5, 0.6) is 0 Å². The van der Waals surface area contributed by atoms with Crippen molar-refractivity contribution in [3.8, 4) is 0 Å². The zero-order chi connectivity index (χ0) is 11.8. The van der Waals surface area contributed by atoms with Crippen molar-refractivity contribution in [2.45, 2.75) is 31.2 Å². The number of nitrogens with zero attached hydrogens (tertiary/aromatic N) is 1. The molecule has 90 valence electrons. The van der Waals surface area contributed by atoms with Gasteiger partial charge in [0.15, 0.2) is 5.76 Å². The van der Waals surface area contributed by atoms with Crippen molar-refractivity contribution in [2.75, 3.05) is 13.1 Å². The van der Waals surface area contributed by atoms with Gasteiger partial charge in [-0.05, 0) is 26.8 Å². The average molecular weight is 245 g/mol. The Morgan fingerprint density at radius 3 is 2.75 bits per heavy atom. The van der Waals surface area contributed by atoms with Gasteiger partial charge < -0.3 is 9.84 Å². The molecule has 0 amide bonds. The standard InChI is InChI=1S/C9H15N3O3S/c1-6-9(7(2)15-11-6)16(13,14)12-8-3-4-10-5-8/h8,10,12H,3-5H2,1-2H3/t8-/m1/s1. The molecule has 2 heterocycles. The van der Waals surface area contributed by atoms with Crippen molar-refractivity contribution in [3.63, 3.8) is 0 Å². The smallest absolute Gasteiger partial charge is 0.246 e. The molecule has 1 aromatic rings. The lowest BCUT2D eigenvalue weighted by Gasteiger charge is -2.11. The lowest BCUT2D eigenvalue weighted by Crippen LogP contribution is -2.36. The van der Waals surface area contributed by atoms with Crippen LogP contribution in [-0.2, 0) is 10.0 Å². The van der Waals surface area contributed by atoms with Crippen molar-refractivity contribution < 1.29 is 12.9 Å². The Bertz CT molecular complexity index is 455. The molecule has 0 aromatic carbocycles. The van der Waals surface area contributed by atoms with Crippen LogP contribution in [0.2, 0.25) is 0 Å². The Kier molecular flexibility index (Phi) is 3.00. The van der Waals surface area contributed by atoms with Gasteiger partial charge in [-0.15, -0.1) is 0 Å². The minimum atomic E-state index is -3.51. The summed E-state index contributed by atoms with van der Waals surface area (Å²) in [6.45, 7) is 4.73. The quantitative estimate of drug-likeness (QED) is 0.779. The van der Waals surface area contributed by atoms with Gasteiger partial charge >= 0.3 is 0 Å². The topological polar surface area (TPSA) is 84.2 Å². The minimum absolute atomic E-state index is 0.0429. The highest BCUT2D eigenvalue weighted by Gasteiger charge is 2.28. The van der Waals surface area contributed by atoms with Gasteiger partial charge in [-0.25, -0.2) is 13.1 Å². The van der Waals surface area contributed by atoms with Gasteiger partial charge in [0.25, 0.3) is 0 Å². The van der Waals surface area contributed by atoms with Gasteiger partial charge in [-0.2, -0.15) is 0 Å². The molecule has 0 aliphatic carbocycles. The molecule has 1 atom stereocenters. The molecule has 1 aliphatic heterocycles. The molecule has 1 aliphatic rings. The summed E-state index contributed by atoms with van der Waals surface area (Å²) in [6, 6.07) is -0.0429. The molecule has 0 saturated carbocycles. The van der Waals surface area contributed by atoms with E-state index < -0.39 is 10.0 Å². The molecule has 16 heavy (non-hydrogen) atoms. The maximum absolute atomic E-state index is 12.1. The van der Waals surface area contributed by atoms with Crippen LogP contribution in [0, 0.1) is 13.8 Å². The number of nitrogens with one attached hydrogen (secondary N) is 2. The van der Waals surface area contributed by atoms with Crippen LogP contribution in [0.3, 0.4) is 0 Å². The maximum atomic E-state index is 12.1. The van der Waals surface area contributed by atoms with Gasteiger partial charge in [0.05, 0.1) is 0 Å². The van der Waals surface area contributed by atoms with E-state index in [2.05, 4.69) is 15.2 Å². The molecular formula is C9H15N3O3S. The van der Waals surface area contributed by atoms with E-state index in [4.69, 9.17) is 4.52 Å². The van der Waals surface area contributed by atoms with E-state index in [1.165, 1.54) is 0 Å². The zero-order valence-electron chi connectivity index (χ0n) is 9.28. The molecule has 0 unspecified atom stereocenters. The molecule has 6 nitrogen and oxygen atoms in total. The number of aryl methyl sites for hydroxylation is 2. The summed E-state index contributed by atoms with van der Waals surface area (Å²) in [5.74, 6) is 0.330. The van der Waals surface area contributed by atoms with Crippen molar-refractivity contribution in [3.05, 3.63) is 11.5 Å². The molecular weight excluding hydrogens is 230 g/mol. The lowest BCUT2D eigenvalue weighted by molar-refractivity contribution is 0.390. The van der Waals surface area contributed by atoms with E-state index in [1.807, 2.05) is 0 Å². The predicted molar refractivity (Wildman–Crippen MR) is 57.6 cm³/mol. The van der Waals surface area contributed by atoms with Crippen LogP contribution < -0.4 is 10.0 Å². The number of sulfonamides is 1. The van der Waals surface area contributed by atoms with Gasteiger partial charge in [0, 0.05) is 12.6 Å². The summed E-state index contributed by atoms with van der Waals surface area (Å²) < 4.78 is 31.6. The molecule has 7 heteroatoms. The van der Waals surface area contributed by atoms with Gasteiger partial charge in [0.1, 0.15) is 10.6 Å². The highest BCUT2D eigenvalue weighted by Crippen LogP contribution is 2.19. The monoisotopic (exact) mass is 245 g/mol. The molecule has 1 fully saturated rings. The van der Waals surface area contributed by atoms with Crippen molar-refractivity contribution in [2.24, 2.45) is 0 Å². The highest BCUT2D eigenvalue weighted by atomic mass is 32.2. The largest absolute Gasteiger partial charge is 0.360 e. The molecule has 2 N–H and O–H groups in total. The van der Waals surface area contributed by atoms with E-state index in [9.17, 15) is 8.42 Å². The fourth-order valence-electron chi connectivity index (χ4n) is 1.89. The highest BCUT2D eigenvalue weighted by molar-refractivity contribution is 7.89. The van der Waals surface area contributed by atoms with Crippen LogP contribution in [0.1, 0.15) is 17.9 Å². The third-order valence-corrected chi connectivity index (χ3v) is 4.38. The molecule has 1 saturated heterocycles. The molecule has 0 spiro atoms. The first-order chi connectivity index (χ1) is 7.50. The first kappa shape index (κ1) is 11.6. The van der Waals surface area contributed by atoms with E-state index in [-0.39, 0.29) is 10.9 Å². The summed E-state index contributed by atoms with van der Waals surface area (Å²) >= 11 is 0. The van der Waals surface area contributed by atoms with Crippen molar-refractivity contribution >= 4 is 10.0 Å². The second-order valence-electron chi connectivity index (χ2n) is 3.96. The maximum Gasteiger partial charge on any atom is 0.246 e. The molecule has 0 bridgehead atoms. The second-order valence-corrected chi connectivity index (χ2v) is 5.62. The van der Waals surface area contributed by atoms with Crippen molar-refractivity contribution in [1.29, 1.82) is 0 Å². The summed E-state index contributed by atoms with van der Waals surface area (Å²) in [5, 5.41) is 6.75. The Balaban J connectivity index is 2.25. The Labute approximate surface area is 94.4 Å². The Hall–Kier alpha value is -0.920. The summed E-state index contributed by atoms with van der Waals surface area (Å²) in [7, 11) is -3.51. The predicted octanol–water partition coefficient (Wildman–Crippen LogP) is -0.0684. The average Bonchev–Trinajstić information content (AvgIpc) is 2.76. The normalized spacial score (nSPS) is 21.5. The van der Waals surface area contributed by atoms with Crippen LogP contribution in [0.4, 0.5) is 0 Å². The third kappa shape index (κ3) is 2.11. The first-order valence-electron chi connectivity index (χ1n) is 5.16. The molecule has 1 aromatic heterocycles. The fourth-order valence-corrected chi connectivity index (χ4v) is 3.49. The zero-order valence-corrected chi connectivity index (χ0v) is 10.1. The Morgan fingerprint density at radius 2 is 2.25 bits per heavy atom. The molecule has 0 radical (unpaired) electrons. The van der Waals surface area contributed by atoms with E-state index in [1.54, 1.807) is 13.8 Å². The van der Waals surface area contributed by atoms with Crippen LogP contribution in [0.15, 0.2) is 9.42 Å². The van der Waals surface area contributed by atoms with Gasteiger partial charge in [-0.1, -0.05) is 5.16 Å². The summed E-state index contributed by atoms with van der Waals surface area (Å²) in [6.07, 6.45) is 0.808. The first-order valence-corrected chi connectivity index (χ1v) is 6.65. The summed E-state index contributed by atoms with van der Waals surface area (Å²) in [5.41, 5.74) is 0.399. The minimum Gasteiger partial charge on any atom is -0.360 e. The van der Waals surface area contributed by atoms with Crippen molar-refractivity contribution in [1.82, 2.24) is 15.2 Å². The third-order valence-electron chi connectivity index (χ3n) is 2.62. The van der Waals surface area contributed by atoms with Gasteiger partial charge in [0.2, 0.25) is 10.0 Å². The molecule has 2 rings (SSSR count). The van der Waals surface area contributed by atoms with E-state index in [0.717, 1.165) is 13.0 Å². The number of rotatable bonds is 3. The fraction of sp³-hybridized carbons (Fsp3) is 0.667. The number of hydrogen-bond acceptors (Lipinski definition) is 5. The SMILES string of the molecule is Cc1noc(C)c1S(=O)(=O)N[C@@H]1CCNC1. The van der Waals surface area contributed by atoms with Gasteiger partial charge in [-0.3, -0.25) is 0 Å². The lowest BCUT2D eigenvalue weighted by atomic mass is 10.3. The number of hydrogen-bond donors (Lipinski definition) is 2. The summed E-state index contributed by atoms with van der Waals surface area (Å²) in [4.78, 5) is 0.166. The second kappa shape index (κ2) is 4.15. The van der Waals surface area contributed by atoms with E-state index >= 15 is 0 Å². The van der Waals surface area contributed by atoms with Crippen LogP contribution >= 0.6 is 0 Å². The van der Waals surface area contributed by atoms with E-state index in [0.29, 0.717) is 18.0 Å². The Morgan fingerprint density at radius 1 is 1.50 bits per heavy atom. The van der Waals surface area contributed by atoms with Crippen LogP contribution in [-0.4, -0.2) is 32.7 Å². The van der Waals surface area contributed by atoms with Crippen LogP contribution in [0.25, 0.3) is 0 Å². The number of aromatic nitrogens is 1.